The third-order valence-electron chi connectivity index (χ3n) is 7.09. The number of aliphatic hydroxyl groups excluding tert-OH is 1. The van der Waals surface area contributed by atoms with E-state index in [1.165, 1.54) is 6.08 Å². The molecule has 214 valence electrons. The first kappa shape index (κ1) is 29.4. The number of aliphatic hydroxyl groups is 1. The summed E-state index contributed by atoms with van der Waals surface area (Å²) in [6.07, 6.45) is 4.01. The van der Waals surface area contributed by atoms with E-state index in [1.807, 2.05) is 55.5 Å². The number of hydrogen-bond acceptors (Lipinski definition) is 7. The van der Waals surface area contributed by atoms with Gasteiger partial charge in [0.05, 0.1) is 38.0 Å². The first-order chi connectivity index (χ1) is 19.4. The Labute approximate surface area is 236 Å². The standard InChI is InChI=1S/C32H40N2O6/c1-4-39-28-22-25(11-13-27(28)40-19-14-23(2)3)30-29(26(35)12-10-24-8-6-5-7-9-24)31(36)32(37)34(30)16-15-33-17-20-38-21-18-33/h5-13,22-23,30,36H,4,14-21H2,1-3H3/b12-10+. The molecule has 4 rings (SSSR count). The molecule has 0 aromatic heterocycles. The zero-order chi connectivity index (χ0) is 28.5. The number of amides is 1. The van der Waals surface area contributed by atoms with Gasteiger partial charge in [-0.05, 0) is 48.6 Å². The van der Waals surface area contributed by atoms with Gasteiger partial charge in [-0.25, -0.2) is 0 Å². The first-order valence-corrected chi connectivity index (χ1v) is 14.1. The molecule has 2 aliphatic rings. The molecule has 1 N–H and O–H groups in total. The minimum absolute atomic E-state index is 0.0649. The topological polar surface area (TPSA) is 88.5 Å². The van der Waals surface area contributed by atoms with Gasteiger partial charge in [0.15, 0.2) is 23.0 Å². The summed E-state index contributed by atoms with van der Waals surface area (Å²) in [5.74, 6) is 0.187. The molecule has 2 aromatic rings. The molecule has 0 bridgehead atoms. The lowest BCUT2D eigenvalue weighted by molar-refractivity contribution is -0.129. The van der Waals surface area contributed by atoms with Crippen molar-refractivity contribution in [2.45, 2.75) is 33.2 Å². The van der Waals surface area contributed by atoms with Gasteiger partial charge in [-0.3, -0.25) is 14.5 Å². The van der Waals surface area contributed by atoms with Gasteiger partial charge in [0.2, 0.25) is 0 Å². The van der Waals surface area contributed by atoms with Gasteiger partial charge in [-0.2, -0.15) is 0 Å². The zero-order valence-electron chi connectivity index (χ0n) is 23.7. The van der Waals surface area contributed by atoms with Gasteiger partial charge in [0, 0.05) is 26.2 Å². The van der Waals surface area contributed by atoms with Crippen LogP contribution >= 0.6 is 0 Å². The SMILES string of the molecule is CCOc1cc(C2C(C(=O)/C=C/c3ccccc3)=C(O)C(=O)N2CCN2CCOCC2)ccc1OCCC(C)C. The summed E-state index contributed by atoms with van der Waals surface area (Å²) < 4.78 is 17.4. The number of nitrogens with zero attached hydrogens (tertiary/aromatic N) is 2. The summed E-state index contributed by atoms with van der Waals surface area (Å²) in [7, 11) is 0. The minimum atomic E-state index is -0.759. The van der Waals surface area contributed by atoms with E-state index in [9.17, 15) is 14.7 Å². The summed E-state index contributed by atoms with van der Waals surface area (Å²) >= 11 is 0. The van der Waals surface area contributed by atoms with Gasteiger partial charge < -0.3 is 24.2 Å². The van der Waals surface area contributed by atoms with Crippen LogP contribution in [0.25, 0.3) is 6.08 Å². The van der Waals surface area contributed by atoms with Crippen molar-refractivity contribution in [3.63, 3.8) is 0 Å². The van der Waals surface area contributed by atoms with Crippen LogP contribution in [0.4, 0.5) is 0 Å². The smallest absolute Gasteiger partial charge is 0.290 e. The fraction of sp³-hybridized carbons (Fsp3) is 0.438. The Balaban J connectivity index is 1.66. The average Bonchev–Trinajstić information content (AvgIpc) is 3.21. The van der Waals surface area contributed by atoms with Crippen LogP contribution in [0.1, 0.15) is 44.4 Å². The van der Waals surface area contributed by atoms with Crippen LogP contribution in [-0.2, 0) is 14.3 Å². The monoisotopic (exact) mass is 548 g/mol. The van der Waals surface area contributed by atoms with Gasteiger partial charge >= 0.3 is 0 Å². The molecule has 40 heavy (non-hydrogen) atoms. The Bertz CT molecular complexity index is 1220. The van der Waals surface area contributed by atoms with Gasteiger partial charge in [0.1, 0.15) is 0 Å². The Morgan fingerprint density at radius 2 is 1.82 bits per heavy atom. The van der Waals surface area contributed by atoms with Crippen LogP contribution in [0.15, 0.2) is 65.9 Å². The predicted octanol–water partition coefficient (Wildman–Crippen LogP) is 4.82. The molecule has 1 atom stereocenters. The first-order valence-electron chi connectivity index (χ1n) is 14.1. The number of allylic oxidation sites excluding steroid dienone is 1. The summed E-state index contributed by atoms with van der Waals surface area (Å²) in [6, 6.07) is 14.2. The third kappa shape index (κ3) is 7.31. The zero-order valence-corrected chi connectivity index (χ0v) is 23.7. The van der Waals surface area contributed by atoms with Gasteiger partial charge in [0.25, 0.3) is 5.91 Å². The fourth-order valence-corrected chi connectivity index (χ4v) is 4.87. The highest BCUT2D eigenvalue weighted by Gasteiger charge is 2.43. The Hall–Kier alpha value is -3.62. The number of benzene rings is 2. The van der Waals surface area contributed by atoms with E-state index in [0.29, 0.717) is 62.5 Å². The van der Waals surface area contributed by atoms with Crippen LogP contribution in [0, 0.1) is 5.92 Å². The van der Waals surface area contributed by atoms with Gasteiger partial charge in [-0.15, -0.1) is 0 Å². The third-order valence-corrected chi connectivity index (χ3v) is 7.09. The number of rotatable bonds is 13. The molecule has 1 amide bonds. The second kappa shape index (κ2) is 14.1. The molecular weight excluding hydrogens is 508 g/mol. The number of ketones is 1. The lowest BCUT2D eigenvalue weighted by Gasteiger charge is -2.31. The molecule has 2 aromatic carbocycles. The summed E-state index contributed by atoms with van der Waals surface area (Å²) in [5, 5.41) is 11.0. The second-order valence-corrected chi connectivity index (χ2v) is 10.4. The predicted molar refractivity (Wildman–Crippen MR) is 154 cm³/mol. The molecule has 1 saturated heterocycles. The lowest BCUT2D eigenvalue weighted by Crippen LogP contribution is -2.43. The van der Waals surface area contributed by atoms with Crippen LogP contribution in [0.2, 0.25) is 0 Å². The molecule has 8 nitrogen and oxygen atoms in total. The Morgan fingerprint density at radius 3 is 2.52 bits per heavy atom. The van der Waals surface area contributed by atoms with Crippen LogP contribution in [0.5, 0.6) is 11.5 Å². The van der Waals surface area contributed by atoms with E-state index < -0.39 is 23.5 Å². The molecule has 0 saturated carbocycles. The van der Waals surface area contributed by atoms with E-state index in [-0.39, 0.29) is 5.57 Å². The maximum atomic E-state index is 13.5. The fourth-order valence-electron chi connectivity index (χ4n) is 4.87. The van der Waals surface area contributed by atoms with Crippen LogP contribution in [0.3, 0.4) is 0 Å². The number of ether oxygens (including phenoxy) is 3. The number of morpholine rings is 1. The average molecular weight is 549 g/mol. The normalized spacial score (nSPS) is 18.2. The van der Waals surface area contributed by atoms with Crippen molar-refractivity contribution in [3.05, 3.63) is 77.1 Å². The van der Waals surface area contributed by atoms with Crippen molar-refractivity contribution in [3.8, 4) is 11.5 Å². The Kier molecular flexibility index (Phi) is 10.4. The quantitative estimate of drug-likeness (QED) is 0.359. The van der Waals surface area contributed by atoms with Crippen molar-refractivity contribution in [2.24, 2.45) is 5.92 Å². The van der Waals surface area contributed by atoms with Crippen LogP contribution < -0.4 is 9.47 Å². The number of carbonyl (C=O) groups excluding carboxylic acids is 2. The maximum Gasteiger partial charge on any atom is 0.290 e. The number of hydrogen-bond donors (Lipinski definition) is 1. The van der Waals surface area contributed by atoms with E-state index in [2.05, 4.69) is 18.7 Å². The van der Waals surface area contributed by atoms with E-state index >= 15 is 0 Å². The van der Waals surface area contributed by atoms with E-state index in [1.54, 1.807) is 11.0 Å². The summed E-state index contributed by atoms with van der Waals surface area (Å²) in [4.78, 5) is 30.7. The Morgan fingerprint density at radius 1 is 1.07 bits per heavy atom. The number of carbonyl (C=O) groups is 2. The van der Waals surface area contributed by atoms with E-state index in [0.717, 1.165) is 25.1 Å². The molecule has 0 radical (unpaired) electrons. The summed E-state index contributed by atoms with van der Waals surface area (Å²) in [5.41, 5.74) is 1.59. The second-order valence-electron chi connectivity index (χ2n) is 10.4. The van der Waals surface area contributed by atoms with Crippen molar-refractivity contribution >= 4 is 17.8 Å². The largest absolute Gasteiger partial charge is 0.503 e. The molecule has 1 unspecified atom stereocenters. The molecule has 0 aliphatic carbocycles. The minimum Gasteiger partial charge on any atom is -0.503 e. The van der Waals surface area contributed by atoms with Crippen LogP contribution in [-0.4, -0.2) is 79.2 Å². The van der Waals surface area contributed by atoms with E-state index in [4.69, 9.17) is 14.2 Å². The lowest BCUT2D eigenvalue weighted by atomic mass is 9.95. The molecule has 2 heterocycles. The molecule has 8 heteroatoms. The van der Waals surface area contributed by atoms with Gasteiger partial charge in [-0.1, -0.05) is 56.3 Å². The van der Waals surface area contributed by atoms with Crippen molar-refractivity contribution < 1.29 is 28.9 Å². The molecule has 2 aliphatic heterocycles. The highest BCUT2D eigenvalue weighted by molar-refractivity contribution is 6.14. The highest BCUT2D eigenvalue weighted by Crippen LogP contribution is 2.41. The molecular formula is C32H40N2O6. The van der Waals surface area contributed by atoms with Crippen molar-refractivity contribution in [2.75, 3.05) is 52.6 Å². The maximum absolute atomic E-state index is 13.5. The molecule has 0 spiro atoms. The van der Waals surface area contributed by atoms with Crippen molar-refractivity contribution in [1.82, 2.24) is 9.80 Å². The highest BCUT2D eigenvalue weighted by atomic mass is 16.5. The van der Waals surface area contributed by atoms with Crippen molar-refractivity contribution in [1.29, 1.82) is 0 Å². The summed E-state index contributed by atoms with van der Waals surface area (Å²) in [6.45, 7) is 11.0. The molecule has 1 fully saturated rings.